The van der Waals surface area contributed by atoms with E-state index in [1.54, 1.807) is 11.8 Å². The Hall–Kier alpha value is -0.670. The van der Waals surface area contributed by atoms with Crippen LogP contribution in [-0.2, 0) is 10.8 Å². The van der Waals surface area contributed by atoms with Gasteiger partial charge in [-0.3, -0.25) is 0 Å². The van der Waals surface area contributed by atoms with Crippen molar-refractivity contribution in [1.29, 1.82) is 0 Å². The third kappa shape index (κ3) is 4.92. The fourth-order valence-electron chi connectivity index (χ4n) is 2.18. The van der Waals surface area contributed by atoms with Crippen LogP contribution in [0, 0.1) is 0 Å². The number of hydrogen-bond acceptors (Lipinski definition) is 3. The number of aromatic hydroxyl groups is 1. The van der Waals surface area contributed by atoms with Gasteiger partial charge in [-0.1, -0.05) is 48.5 Å². The van der Waals surface area contributed by atoms with Crippen LogP contribution in [0.15, 0.2) is 17.0 Å². The second-order valence-electron chi connectivity index (χ2n) is 8.51. The highest BCUT2D eigenvalue weighted by molar-refractivity contribution is 7.99. The molecule has 0 saturated heterocycles. The molecule has 0 aliphatic rings. The van der Waals surface area contributed by atoms with Gasteiger partial charge in [0.2, 0.25) is 0 Å². The Kier molecular flexibility index (Phi) is 5.68. The Bertz CT molecular complexity index is 484. The average molecular weight is 325 g/mol. The number of thioether (sulfide) groups is 1. The van der Waals surface area contributed by atoms with Crippen LogP contribution in [0.3, 0.4) is 0 Å². The highest BCUT2D eigenvalue weighted by Crippen LogP contribution is 2.42. The van der Waals surface area contributed by atoms with Crippen LogP contribution in [0.25, 0.3) is 0 Å². The maximum absolute atomic E-state index is 10.7. The van der Waals surface area contributed by atoms with E-state index in [1.807, 2.05) is 13.8 Å². The van der Waals surface area contributed by atoms with Crippen molar-refractivity contribution in [3.63, 3.8) is 0 Å². The van der Waals surface area contributed by atoms with Gasteiger partial charge in [-0.25, -0.2) is 0 Å². The molecule has 1 aromatic carbocycles. The van der Waals surface area contributed by atoms with Gasteiger partial charge in [-0.2, -0.15) is 0 Å². The van der Waals surface area contributed by atoms with Gasteiger partial charge in [0.25, 0.3) is 0 Å². The zero-order valence-electron chi connectivity index (χ0n) is 15.4. The van der Waals surface area contributed by atoms with Gasteiger partial charge >= 0.3 is 0 Å². The lowest BCUT2D eigenvalue weighted by Crippen LogP contribution is -2.25. The lowest BCUT2D eigenvalue weighted by Gasteiger charge is -2.28. The topological polar surface area (TPSA) is 40.5 Å². The van der Waals surface area contributed by atoms with Crippen molar-refractivity contribution < 1.29 is 10.2 Å². The fourth-order valence-corrected chi connectivity index (χ4v) is 3.26. The van der Waals surface area contributed by atoms with Crippen molar-refractivity contribution in [2.75, 3.05) is 5.75 Å². The molecule has 1 rings (SSSR count). The number of benzene rings is 1. The number of phenolic OH excluding ortho intramolecular Hbond substituents is 1. The second kappa shape index (κ2) is 6.45. The number of hydrogen-bond donors (Lipinski definition) is 2. The standard InChI is InChI=1S/C19H32O2S/c1-9-19(8,21)12-22-13-10-14(17(2,3)4)16(20)15(11-13)18(5,6)7/h10-11,20-21H,9,12H2,1-8H3. The number of phenols is 1. The molecule has 0 aliphatic heterocycles. The maximum atomic E-state index is 10.7. The summed E-state index contributed by atoms with van der Waals surface area (Å²) < 4.78 is 0. The number of rotatable bonds is 4. The van der Waals surface area contributed by atoms with Crippen LogP contribution in [0.4, 0.5) is 0 Å². The van der Waals surface area contributed by atoms with E-state index < -0.39 is 5.60 Å². The van der Waals surface area contributed by atoms with Crippen molar-refractivity contribution in [2.45, 2.75) is 83.1 Å². The predicted octanol–water partition coefficient (Wildman–Crippen LogP) is 5.24. The van der Waals surface area contributed by atoms with Crippen LogP contribution < -0.4 is 0 Å². The Morgan fingerprint density at radius 3 is 1.64 bits per heavy atom. The molecule has 0 bridgehead atoms. The van der Waals surface area contributed by atoms with Crippen LogP contribution in [0.1, 0.15) is 72.9 Å². The van der Waals surface area contributed by atoms with Crippen LogP contribution in [0.5, 0.6) is 5.75 Å². The Balaban J connectivity index is 3.30. The first-order chi connectivity index (χ1) is 9.78. The molecular weight excluding hydrogens is 292 g/mol. The summed E-state index contributed by atoms with van der Waals surface area (Å²) in [6, 6.07) is 4.14. The average Bonchev–Trinajstić information content (AvgIpc) is 2.34. The first kappa shape index (κ1) is 19.4. The molecule has 0 saturated carbocycles. The minimum atomic E-state index is -0.660. The van der Waals surface area contributed by atoms with Crippen molar-refractivity contribution in [3.05, 3.63) is 23.3 Å². The van der Waals surface area contributed by atoms with E-state index in [2.05, 4.69) is 53.7 Å². The Morgan fingerprint density at radius 1 is 0.909 bits per heavy atom. The van der Waals surface area contributed by atoms with E-state index in [1.165, 1.54) is 0 Å². The van der Waals surface area contributed by atoms with Gasteiger partial charge in [0.15, 0.2) is 0 Å². The minimum Gasteiger partial charge on any atom is -0.507 e. The van der Waals surface area contributed by atoms with Gasteiger partial charge < -0.3 is 10.2 Å². The molecule has 126 valence electrons. The van der Waals surface area contributed by atoms with Crippen molar-refractivity contribution >= 4 is 11.8 Å². The molecule has 0 aliphatic carbocycles. The number of aliphatic hydroxyl groups is 1. The maximum Gasteiger partial charge on any atom is 0.123 e. The minimum absolute atomic E-state index is 0.117. The van der Waals surface area contributed by atoms with E-state index in [9.17, 15) is 10.2 Å². The fraction of sp³-hybridized carbons (Fsp3) is 0.684. The summed E-state index contributed by atoms with van der Waals surface area (Å²) in [6.45, 7) is 16.6. The molecule has 22 heavy (non-hydrogen) atoms. The summed E-state index contributed by atoms with van der Waals surface area (Å²) in [6.07, 6.45) is 0.732. The molecule has 2 N–H and O–H groups in total. The lowest BCUT2D eigenvalue weighted by molar-refractivity contribution is 0.0816. The molecule has 0 spiro atoms. The summed E-state index contributed by atoms with van der Waals surface area (Å²) in [7, 11) is 0. The first-order valence-corrected chi connectivity index (χ1v) is 8.99. The molecule has 1 unspecified atom stereocenters. The summed E-state index contributed by atoms with van der Waals surface area (Å²) in [5, 5.41) is 20.9. The summed E-state index contributed by atoms with van der Waals surface area (Å²) >= 11 is 1.66. The van der Waals surface area contributed by atoms with E-state index >= 15 is 0 Å². The quantitative estimate of drug-likeness (QED) is 0.744. The van der Waals surface area contributed by atoms with Gasteiger partial charge in [-0.05, 0) is 36.3 Å². The van der Waals surface area contributed by atoms with Crippen LogP contribution in [0.2, 0.25) is 0 Å². The summed E-state index contributed by atoms with van der Waals surface area (Å²) in [5.74, 6) is 1.06. The monoisotopic (exact) mass is 324 g/mol. The normalized spacial score (nSPS) is 15.7. The molecule has 1 aromatic rings. The van der Waals surface area contributed by atoms with Gasteiger partial charge in [-0.15, -0.1) is 11.8 Å². The molecule has 0 aromatic heterocycles. The molecule has 0 fully saturated rings. The summed E-state index contributed by atoms with van der Waals surface area (Å²) in [4.78, 5) is 1.11. The Labute approximate surface area is 140 Å². The molecule has 0 radical (unpaired) electrons. The van der Waals surface area contributed by atoms with E-state index in [-0.39, 0.29) is 10.8 Å². The molecule has 2 nitrogen and oxygen atoms in total. The smallest absolute Gasteiger partial charge is 0.123 e. The van der Waals surface area contributed by atoms with Crippen LogP contribution >= 0.6 is 11.8 Å². The zero-order valence-corrected chi connectivity index (χ0v) is 16.2. The van der Waals surface area contributed by atoms with Crippen molar-refractivity contribution in [2.24, 2.45) is 0 Å². The SMILES string of the molecule is CCC(C)(O)CSc1cc(C(C)(C)C)c(O)c(C(C)(C)C)c1. The van der Waals surface area contributed by atoms with Crippen LogP contribution in [-0.4, -0.2) is 21.6 Å². The zero-order chi connectivity index (χ0) is 17.3. The van der Waals surface area contributed by atoms with E-state index in [4.69, 9.17) is 0 Å². The van der Waals surface area contributed by atoms with Crippen molar-refractivity contribution in [1.82, 2.24) is 0 Å². The van der Waals surface area contributed by atoms with E-state index in [0.717, 1.165) is 22.4 Å². The van der Waals surface area contributed by atoms with E-state index in [0.29, 0.717) is 11.5 Å². The molecule has 3 heteroatoms. The Morgan fingerprint density at radius 2 is 1.32 bits per heavy atom. The first-order valence-electron chi connectivity index (χ1n) is 8.01. The van der Waals surface area contributed by atoms with Crippen molar-refractivity contribution in [3.8, 4) is 5.75 Å². The van der Waals surface area contributed by atoms with Gasteiger partial charge in [0, 0.05) is 21.8 Å². The lowest BCUT2D eigenvalue weighted by atomic mass is 9.79. The highest BCUT2D eigenvalue weighted by atomic mass is 32.2. The molecular formula is C19H32O2S. The largest absolute Gasteiger partial charge is 0.507 e. The molecule has 1 atom stereocenters. The highest BCUT2D eigenvalue weighted by Gasteiger charge is 2.27. The third-order valence-corrected chi connectivity index (χ3v) is 5.35. The predicted molar refractivity (Wildman–Crippen MR) is 97.1 cm³/mol. The molecule has 0 heterocycles. The second-order valence-corrected chi connectivity index (χ2v) is 9.55. The third-order valence-electron chi connectivity index (χ3n) is 4.01. The van der Waals surface area contributed by atoms with Gasteiger partial charge in [0.05, 0.1) is 5.60 Å². The van der Waals surface area contributed by atoms with Gasteiger partial charge in [0.1, 0.15) is 5.75 Å². The molecule has 0 amide bonds. The summed E-state index contributed by atoms with van der Waals surface area (Å²) in [5.41, 5.74) is 1.05.